The first-order chi connectivity index (χ1) is 6.00. The van der Waals surface area contributed by atoms with Crippen LogP contribution in [0.15, 0.2) is 4.79 Å². The molecule has 1 heterocycles. The van der Waals surface area contributed by atoms with Crippen molar-refractivity contribution >= 4 is 22.4 Å². The molecule has 0 radical (unpaired) electrons. The topological polar surface area (TPSA) is 81.2 Å². The second-order valence-corrected chi connectivity index (χ2v) is 3.62. The fourth-order valence-electron chi connectivity index (χ4n) is 0.692. The zero-order valence-corrected chi connectivity index (χ0v) is 8.17. The highest BCUT2D eigenvalue weighted by Gasteiger charge is 2.09. The summed E-state index contributed by atoms with van der Waals surface area (Å²) >= 11 is 0.826. The number of aromatic nitrogens is 2. The molecule has 1 aromatic heterocycles. The third-order valence-electron chi connectivity index (χ3n) is 1.41. The maximum absolute atomic E-state index is 11.2. The first-order valence-corrected chi connectivity index (χ1v) is 4.36. The summed E-state index contributed by atoms with van der Waals surface area (Å²) in [4.78, 5) is 23.3. The van der Waals surface area contributed by atoms with Crippen molar-refractivity contribution in [3.05, 3.63) is 9.67 Å². The van der Waals surface area contributed by atoms with E-state index < -0.39 is 0 Å². The molecule has 0 aliphatic carbocycles. The van der Waals surface area contributed by atoms with Crippen molar-refractivity contribution in [3.8, 4) is 0 Å². The summed E-state index contributed by atoms with van der Waals surface area (Å²) in [6.45, 7) is -0.0560. The van der Waals surface area contributed by atoms with E-state index in [4.69, 9.17) is 5.73 Å². The lowest BCUT2D eigenvalue weighted by Gasteiger charge is -2.08. The van der Waals surface area contributed by atoms with Crippen LogP contribution in [0.5, 0.6) is 0 Å². The number of carbonyl (C=O) groups is 1. The Hall–Kier alpha value is -1.37. The van der Waals surface area contributed by atoms with Crippen LogP contribution >= 0.6 is 11.3 Å². The molecule has 0 spiro atoms. The molecule has 0 aliphatic rings. The second kappa shape index (κ2) is 3.56. The van der Waals surface area contributed by atoms with Gasteiger partial charge in [0.1, 0.15) is 6.54 Å². The maximum Gasteiger partial charge on any atom is 0.327 e. The fourth-order valence-corrected chi connectivity index (χ4v) is 1.22. The van der Waals surface area contributed by atoms with Crippen LogP contribution in [0.3, 0.4) is 0 Å². The van der Waals surface area contributed by atoms with Crippen molar-refractivity contribution in [1.29, 1.82) is 0 Å². The predicted molar refractivity (Wildman–Crippen MR) is 49.5 cm³/mol. The van der Waals surface area contributed by atoms with Crippen LogP contribution < -0.4 is 10.6 Å². The van der Waals surface area contributed by atoms with Gasteiger partial charge in [0.2, 0.25) is 11.0 Å². The average molecular weight is 202 g/mol. The maximum atomic E-state index is 11.2. The lowest BCUT2D eigenvalue weighted by atomic mass is 10.5. The molecule has 1 amide bonds. The van der Waals surface area contributed by atoms with Crippen molar-refractivity contribution in [3.63, 3.8) is 0 Å². The van der Waals surface area contributed by atoms with Crippen LogP contribution in [0.4, 0.5) is 5.13 Å². The molecule has 72 valence electrons. The smallest absolute Gasteiger partial charge is 0.327 e. The minimum atomic E-state index is -0.312. The molecule has 0 unspecified atom stereocenters. The van der Waals surface area contributed by atoms with Gasteiger partial charge in [-0.1, -0.05) is 0 Å². The van der Waals surface area contributed by atoms with Gasteiger partial charge in [-0.15, -0.1) is 5.10 Å². The summed E-state index contributed by atoms with van der Waals surface area (Å²) in [6, 6.07) is 0. The number of hydrogen-bond donors (Lipinski definition) is 1. The molecule has 0 atom stereocenters. The molecule has 13 heavy (non-hydrogen) atoms. The summed E-state index contributed by atoms with van der Waals surface area (Å²) in [5.41, 5.74) is 5.29. The first-order valence-electron chi connectivity index (χ1n) is 3.54. The van der Waals surface area contributed by atoms with Crippen molar-refractivity contribution in [2.75, 3.05) is 19.8 Å². The lowest BCUT2D eigenvalue weighted by molar-refractivity contribution is -0.129. The third kappa shape index (κ3) is 2.28. The van der Waals surface area contributed by atoms with E-state index in [9.17, 15) is 9.59 Å². The minimum Gasteiger partial charge on any atom is -0.374 e. The van der Waals surface area contributed by atoms with Crippen LogP contribution in [0, 0.1) is 0 Å². The molecule has 0 aromatic carbocycles. The van der Waals surface area contributed by atoms with Gasteiger partial charge in [0.05, 0.1) is 0 Å². The molecular weight excluding hydrogens is 192 g/mol. The first kappa shape index (κ1) is 9.72. The van der Waals surface area contributed by atoms with Gasteiger partial charge in [-0.05, 0) is 11.3 Å². The Balaban J connectivity index is 2.80. The molecule has 0 bridgehead atoms. The van der Waals surface area contributed by atoms with Gasteiger partial charge in [0, 0.05) is 14.1 Å². The predicted octanol–water partition coefficient (Wildman–Crippen LogP) is -1.02. The number of likely N-dealkylation sites (N-methyl/N-ethyl adjacent to an activating group) is 1. The number of hydrogen-bond acceptors (Lipinski definition) is 5. The van der Waals surface area contributed by atoms with E-state index in [0.717, 1.165) is 16.0 Å². The van der Waals surface area contributed by atoms with E-state index in [-0.39, 0.29) is 22.5 Å². The summed E-state index contributed by atoms with van der Waals surface area (Å²) in [5, 5.41) is 3.86. The highest BCUT2D eigenvalue weighted by atomic mass is 32.1. The van der Waals surface area contributed by atoms with Gasteiger partial charge in [-0.25, -0.2) is 4.68 Å². The van der Waals surface area contributed by atoms with Crippen LogP contribution in [0.1, 0.15) is 0 Å². The van der Waals surface area contributed by atoms with Gasteiger partial charge in [0.25, 0.3) is 0 Å². The van der Waals surface area contributed by atoms with Crippen LogP contribution in [0.2, 0.25) is 0 Å². The van der Waals surface area contributed by atoms with Gasteiger partial charge in [-0.3, -0.25) is 9.59 Å². The standard InChI is InChI=1S/C6H10N4O2S/c1-9(2)4(11)3-10-6(12)13-5(7)8-10/h3H2,1-2H3,(H2,7,8). The average Bonchev–Trinajstić information content (AvgIpc) is 2.30. The third-order valence-corrected chi connectivity index (χ3v) is 2.08. The van der Waals surface area contributed by atoms with E-state index >= 15 is 0 Å². The summed E-state index contributed by atoms with van der Waals surface area (Å²) < 4.78 is 1.06. The number of carbonyl (C=O) groups excluding carboxylic acids is 1. The van der Waals surface area contributed by atoms with E-state index in [1.54, 1.807) is 14.1 Å². The van der Waals surface area contributed by atoms with Crippen molar-refractivity contribution in [2.45, 2.75) is 6.54 Å². The number of rotatable bonds is 2. The second-order valence-electron chi connectivity index (χ2n) is 2.65. The van der Waals surface area contributed by atoms with Gasteiger partial charge >= 0.3 is 4.87 Å². The van der Waals surface area contributed by atoms with Crippen molar-refractivity contribution in [1.82, 2.24) is 14.7 Å². The molecule has 0 aliphatic heterocycles. The number of anilines is 1. The highest BCUT2D eigenvalue weighted by molar-refractivity contribution is 7.12. The Morgan fingerprint density at radius 2 is 2.31 bits per heavy atom. The molecule has 0 saturated carbocycles. The Labute approximate surface area is 78.6 Å². The Kier molecular flexibility index (Phi) is 2.66. The molecule has 1 aromatic rings. The van der Waals surface area contributed by atoms with E-state index in [2.05, 4.69) is 5.10 Å². The van der Waals surface area contributed by atoms with E-state index in [1.807, 2.05) is 0 Å². The van der Waals surface area contributed by atoms with Crippen LogP contribution in [-0.2, 0) is 11.3 Å². The zero-order chi connectivity index (χ0) is 10.0. The molecular formula is C6H10N4O2S. The molecule has 0 fully saturated rings. The molecule has 1 rings (SSSR count). The minimum absolute atomic E-state index is 0.0560. The largest absolute Gasteiger partial charge is 0.374 e. The molecule has 0 saturated heterocycles. The van der Waals surface area contributed by atoms with Crippen molar-refractivity contribution < 1.29 is 4.79 Å². The quantitative estimate of drug-likeness (QED) is 0.665. The molecule has 7 heteroatoms. The number of nitrogens with two attached hydrogens (primary N) is 1. The summed E-state index contributed by atoms with van der Waals surface area (Å²) in [5.74, 6) is -0.188. The number of nitrogen functional groups attached to an aromatic ring is 1. The van der Waals surface area contributed by atoms with Gasteiger partial charge < -0.3 is 10.6 Å². The van der Waals surface area contributed by atoms with Crippen LogP contribution in [0.25, 0.3) is 0 Å². The number of nitrogens with zero attached hydrogens (tertiary/aromatic N) is 3. The number of amides is 1. The normalized spacial score (nSPS) is 10.0. The Bertz CT molecular complexity index is 367. The van der Waals surface area contributed by atoms with Gasteiger partial charge in [0.15, 0.2) is 0 Å². The summed E-state index contributed by atoms with van der Waals surface area (Å²) in [7, 11) is 3.23. The monoisotopic (exact) mass is 202 g/mol. The van der Waals surface area contributed by atoms with E-state index in [0.29, 0.717) is 0 Å². The summed E-state index contributed by atoms with van der Waals surface area (Å²) in [6.07, 6.45) is 0. The molecule has 2 N–H and O–H groups in total. The zero-order valence-electron chi connectivity index (χ0n) is 7.35. The molecule has 6 nitrogen and oxygen atoms in total. The SMILES string of the molecule is CN(C)C(=O)Cn1nc(N)sc1=O. The van der Waals surface area contributed by atoms with E-state index in [1.165, 1.54) is 4.90 Å². The van der Waals surface area contributed by atoms with Crippen LogP contribution in [-0.4, -0.2) is 34.7 Å². The lowest BCUT2D eigenvalue weighted by Crippen LogP contribution is -2.30. The highest BCUT2D eigenvalue weighted by Crippen LogP contribution is 1.98. The van der Waals surface area contributed by atoms with Gasteiger partial charge in [-0.2, -0.15) is 0 Å². The fraction of sp³-hybridized carbons (Fsp3) is 0.500. The Morgan fingerprint density at radius 3 is 2.69 bits per heavy atom. The van der Waals surface area contributed by atoms with Crippen molar-refractivity contribution in [2.24, 2.45) is 0 Å². The Morgan fingerprint density at radius 1 is 1.69 bits per heavy atom.